The maximum atomic E-state index is 13.4. The summed E-state index contributed by atoms with van der Waals surface area (Å²) in [5.74, 6) is 3.08. The van der Waals surface area contributed by atoms with Gasteiger partial charge in [0.05, 0.1) is 13.2 Å². The number of carbonyl (C=O) groups excluding carboxylic acids is 2. The minimum Gasteiger partial charge on any atom is -0.469 e. The molecule has 4 nitrogen and oxygen atoms in total. The maximum Gasteiger partial charge on any atom is 0.305 e. The van der Waals surface area contributed by atoms with E-state index in [-0.39, 0.29) is 28.8 Å². The molecule has 4 heteroatoms. The van der Waals surface area contributed by atoms with Crippen LogP contribution in [0.2, 0.25) is 0 Å². The van der Waals surface area contributed by atoms with Gasteiger partial charge in [0.2, 0.25) is 0 Å². The fourth-order valence-electron chi connectivity index (χ4n) is 8.53. The van der Waals surface area contributed by atoms with Crippen LogP contribution in [0.4, 0.5) is 0 Å². The van der Waals surface area contributed by atoms with Crippen molar-refractivity contribution in [1.82, 2.24) is 0 Å². The lowest BCUT2D eigenvalue weighted by molar-refractivity contribution is -0.160. The fraction of sp³-hybridized carbons (Fsp3) is 0.920. The van der Waals surface area contributed by atoms with Crippen LogP contribution in [0.5, 0.6) is 0 Å². The number of ether oxygens (including phenoxy) is 1. The molecule has 29 heavy (non-hydrogen) atoms. The second-order valence-electron chi connectivity index (χ2n) is 11.4. The Morgan fingerprint density at radius 2 is 1.83 bits per heavy atom. The summed E-state index contributed by atoms with van der Waals surface area (Å²) < 4.78 is 4.85. The van der Waals surface area contributed by atoms with Crippen molar-refractivity contribution in [2.45, 2.75) is 91.1 Å². The van der Waals surface area contributed by atoms with Gasteiger partial charge in [0.25, 0.3) is 0 Å². The minimum absolute atomic E-state index is 0.110. The lowest BCUT2D eigenvalue weighted by Crippen LogP contribution is -2.57. The second kappa shape index (κ2) is 7.66. The number of Topliss-reactive ketones (excluding diaryl/α,β-unsaturated/α-hetero) is 1. The molecule has 4 fully saturated rings. The van der Waals surface area contributed by atoms with Crippen LogP contribution in [-0.2, 0) is 14.3 Å². The summed E-state index contributed by atoms with van der Waals surface area (Å²) in [5, 5.41) is 10.2. The summed E-state index contributed by atoms with van der Waals surface area (Å²) in [6.45, 7) is 7.18. The molecule has 4 rings (SSSR count). The molecule has 4 unspecified atom stereocenters. The van der Waals surface area contributed by atoms with Crippen LogP contribution in [0.25, 0.3) is 0 Å². The SMILES string of the molecule is COC(=O)CC[C@@H](C)[C@H]1CCC2C3C(=O)C[C@@H]4C[C@H](O)CC[C@]4(C)C3CCC21C. The van der Waals surface area contributed by atoms with E-state index in [0.717, 1.165) is 32.1 Å². The Balaban J connectivity index is 1.53. The summed E-state index contributed by atoms with van der Waals surface area (Å²) >= 11 is 0. The Morgan fingerprint density at radius 3 is 2.55 bits per heavy atom. The van der Waals surface area contributed by atoms with E-state index in [1.807, 2.05) is 0 Å². The van der Waals surface area contributed by atoms with E-state index in [2.05, 4.69) is 20.8 Å². The average molecular weight is 405 g/mol. The van der Waals surface area contributed by atoms with Crippen molar-refractivity contribution in [3.63, 3.8) is 0 Å². The van der Waals surface area contributed by atoms with Crippen molar-refractivity contribution in [3.05, 3.63) is 0 Å². The normalized spacial score (nSPS) is 47.7. The Morgan fingerprint density at radius 1 is 1.14 bits per heavy atom. The number of fused-ring (bicyclic) bond motifs is 5. The average Bonchev–Trinajstić information content (AvgIpc) is 3.04. The number of aliphatic hydroxyl groups excluding tert-OH is 1. The van der Waals surface area contributed by atoms with Crippen LogP contribution in [0, 0.1) is 46.3 Å². The molecule has 0 aromatic rings. The highest BCUT2D eigenvalue weighted by Crippen LogP contribution is 2.67. The molecule has 0 spiro atoms. The van der Waals surface area contributed by atoms with Gasteiger partial charge in [-0.3, -0.25) is 9.59 Å². The van der Waals surface area contributed by atoms with Crippen molar-refractivity contribution in [1.29, 1.82) is 0 Å². The van der Waals surface area contributed by atoms with Crippen molar-refractivity contribution in [2.24, 2.45) is 46.3 Å². The molecule has 0 bridgehead atoms. The maximum absolute atomic E-state index is 13.4. The molecule has 0 radical (unpaired) electrons. The highest BCUT2D eigenvalue weighted by molar-refractivity contribution is 5.83. The number of ketones is 1. The predicted octanol–water partition coefficient (Wildman–Crippen LogP) is 4.77. The Kier molecular flexibility index (Phi) is 5.63. The molecule has 0 heterocycles. The highest BCUT2D eigenvalue weighted by atomic mass is 16.5. The van der Waals surface area contributed by atoms with E-state index in [1.165, 1.54) is 26.4 Å². The number of esters is 1. The van der Waals surface area contributed by atoms with Crippen LogP contribution in [0.3, 0.4) is 0 Å². The van der Waals surface area contributed by atoms with E-state index in [4.69, 9.17) is 4.74 Å². The molecular formula is C25H40O4. The first-order valence-corrected chi connectivity index (χ1v) is 12.0. The molecule has 0 aromatic carbocycles. The monoisotopic (exact) mass is 404 g/mol. The summed E-state index contributed by atoms with van der Waals surface area (Å²) in [5.41, 5.74) is 0.456. The largest absolute Gasteiger partial charge is 0.469 e. The topological polar surface area (TPSA) is 63.6 Å². The van der Waals surface area contributed by atoms with Gasteiger partial charge in [-0.05, 0) is 91.8 Å². The van der Waals surface area contributed by atoms with Gasteiger partial charge < -0.3 is 9.84 Å². The summed E-state index contributed by atoms with van der Waals surface area (Å²) in [4.78, 5) is 25.0. The standard InChI is InChI=1S/C25H40O4/c1-15(5-8-22(28)29-4)18-6-7-19-23-20(10-12-25(18,19)3)24(2)11-9-17(26)13-16(24)14-21(23)27/h15-20,23,26H,5-14H2,1-4H3/t15-,16+,17-,18-,19?,20?,23?,24+,25?/m1/s1. The van der Waals surface area contributed by atoms with E-state index >= 15 is 0 Å². The smallest absolute Gasteiger partial charge is 0.305 e. The number of methoxy groups -OCH3 is 1. The van der Waals surface area contributed by atoms with Gasteiger partial charge in [0.1, 0.15) is 5.78 Å². The quantitative estimate of drug-likeness (QED) is 0.685. The number of hydrogen-bond acceptors (Lipinski definition) is 4. The lowest BCUT2D eigenvalue weighted by Gasteiger charge is -2.60. The Hall–Kier alpha value is -0.900. The third kappa shape index (κ3) is 3.38. The number of rotatable bonds is 4. The Bertz CT molecular complexity index is 659. The molecule has 4 aliphatic carbocycles. The number of carbonyl (C=O) groups is 2. The van der Waals surface area contributed by atoms with Gasteiger partial charge in [0.15, 0.2) is 0 Å². The van der Waals surface area contributed by atoms with Crippen molar-refractivity contribution in [2.75, 3.05) is 7.11 Å². The molecule has 4 aliphatic rings. The van der Waals surface area contributed by atoms with Gasteiger partial charge in [-0.1, -0.05) is 20.8 Å². The number of hydrogen-bond donors (Lipinski definition) is 1. The fourth-order valence-corrected chi connectivity index (χ4v) is 8.53. The summed E-state index contributed by atoms with van der Waals surface area (Å²) in [6.07, 6.45) is 9.40. The van der Waals surface area contributed by atoms with Gasteiger partial charge >= 0.3 is 5.97 Å². The van der Waals surface area contributed by atoms with Crippen molar-refractivity contribution < 1.29 is 19.4 Å². The molecular weight excluding hydrogens is 364 g/mol. The number of aliphatic hydroxyl groups is 1. The predicted molar refractivity (Wildman–Crippen MR) is 112 cm³/mol. The van der Waals surface area contributed by atoms with Crippen LogP contribution in [0.1, 0.15) is 85.0 Å². The summed E-state index contributed by atoms with van der Waals surface area (Å²) in [6, 6.07) is 0. The van der Waals surface area contributed by atoms with Crippen LogP contribution in [-0.4, -0.2) is 30.1 Å². The zero-order chi connectivity index (χ0) is 21.0. The molecule has 0 amide bonds. The molecule has 0 aliphatic heterocycles. The molecule has 0 aromatic heterocycles. The molecule has 0 saturated heterocycles. The van der Waals surface area contributed by atoms with Gasteiger partial charge in [-0.2, -0.15) is 0 Å². The van der Waals surface area contributed by atoms with Gasteiger partial charge in [-0.15, -0.1) is 0 Å². The van der Waals surface area contributed by atoms with Crippen LogP contribution < -0.4 is 0 Å². The van der Waals surface area contributed by atoms with Crippen LogP contribution >= 0.6 is 0 Å². The zero-order valence-corrected chi connectivity index (χ0v) is 18.8. The van der Waals surface area contributed by atoms with Crippen LogP contribution in [0.15, 0.2) is 0 Å². The molecule has 164 valence electrons. The second-order valence-corrected chi connectivity index (χ2v) is 11.4. The van der Waals surface area contributed by atoms with Crippen molar-refractivity contribution in [3.8, 4) is 0 Å². The van der Waals surface area contributed by atoms with Crippen molar-refractivity contribution >= 4 is 11.8 Å². The third-order valence-corrected chi connectivity index (χ3v) is 10.2. The van der Waals surface area contributed by atoms with Gasteiger partial charge in [-0.25, -0.2) is 0 Å². The highest BCUT2D eigenvalue weighted by Gasteiger charge is 2.62. The zero-order valence-electron chi connectivity index (χ0n) is 18.8. The van der Waals surface area contributed by atoms with E-state index < -0.39 is 0 Å². The third-order valence-electron chi connectivity index (χ3n) is 10.2. The Labute approximate surface area is 176 Å². The van der Waals surface area contributed by atoms with E-state index in [9.17, 15) is 14.7 Å². The first-order chi connectivity index (χ1) is 13.7. The first kappa shape index (κ1) is 21.3. The molecule has 4 saturated carbocycles. The van der Waals surface area contributed by atoms with Gasteiger partial charge in [0, 0.05) is 18.8 Å². The first-order valence-electron chi connectivity index (χ1n) is 12.0. The summed E-state index contributed by atoms with van der Waals surface area (Å²) in [7, 11) is 1.47. The minimum atomic E-state index is -0.210. The molecule has 9 atom stereocenters. The van der Waals surface area contributed by atoms with E-state index in [1.54, 1.807) is 0 Å². The molecule has 1 N–H and O–H groups in total. The van der Waals surface area contributed by atoms with E-state index in [0.29, 0.717) is 48.2 Å². The lowest BCUT2D eigenvalue weighted by atomic mass is 9.44.